The average molecular weight is 320 g/mol. The summed E-state index contributed by atoms with van der Waals surface area (Å²) >= 11 is 0. The molecule has 0 bridgehead atoms. The minimum Gasteiger partial charge on any atom is -0.454 e. The number of ether oxygens (including phenoxy) is 2. The van der Waals surface area contributed by atoms with Gasteiger partial charge >= 0.3 is 0 Å². The van der Waals surface area contributed by atoms with Crippen LogP contribution in [0.3, 0.4) is 0 Å². The number of aromatic nitrogens is 1. The van der Waals surface area contributed by atoms with E-state index in [1.165, 1.54) is 0 Å². The third-order valence-electron chi connectivity index (χ3n) is 4.12. The summed E-state index contributed by atoms with van der Waals surface area (Å²) in [5.41, 5.74) is 2.23. The first-order chi connectivity index (χ1) is 11.7. The molecule has 5 nitrogen and oxygen atoms in total. The van der Waals surface area contributed by atoms with Crippen LogP contribution in [0.4, 0.5) is 0 Å². The number of fused-ring (bicyclic) bond motifs is 2. The second kappa shape index (κ2) is 5.85. The highest BCUT2D eigenvalue weighted by molar-refractivity contribution is 6.05. The van der Waals surface area contributed by atoms with Gasteiger partial charge in [-0.25, -0.2) is 0 Å². The summed E-state index contributed by atoms with van der Waals surface area (Å²) in [5.74, 6) is 1.29. The summed E-state index contributed by atoms with van der Waals surface area (Å²) in [6.45, 7) is 2.18. The largest absolute Gasteiger partial charge is 0.454 e. The van der Waals surface area contributed by atoms with Gasteiger partial charge in [0.1, 0.15) is 0 Å². The summed E-state index contributed by atoms with van der Waals surface area (Å²) in [5, 5.41) is 3.97. The van der Waals surface area contributed by atoms with E-state index in [1.54, 1.807) is 12.3 Å². The fraction of sp³-hybridized carbons (Fsp3) is 0.158. The highest BCUT2D eigenvalue weighted by Gasteiger charge is 2.18. The van der Waals surface area contributed by atoms with Gasteiger partial charge in [0.25, 0.3) is 5.91 Å². The Bertz CT molecular complexity index is 918. The van der Waals surface area contributed by atoms with E-state index in [9.17, 15) is 4.79 Å². The molecule has 5 heteroatoms. The number of amides is 1. The molecule has 4 rings (SSSR count). The lowest BCUT2D eigenvalue weighted by molar-refractivity contribution is 0.0941. The molecule has 0 fully saturated rings. The molecule has 1 unspecified atom stereocenters. The summed E-state index contributed by atoms with van der Waals surface area (Å²) in [6, 6.07) is 14.9. The Kier molecular flexibility index (Phi) is 3.54. The predicted molar refractivity (Wildman–Crippen MR) is 90.2 cm³/mol. The van der Waals surface area contributed by atoms with E-state index in [0.29, 0.717) is 16.8 Å². The second-order valence-corrected chi connectivity index (χ2v) is 5.69. The first-order valence-corrected chi connectivity index (χ1v) is 7.76. The van der Waals surface area contributed by atoms with Crippen molar-refractivity contribution in [2.75, 3.05) is 6.79 Å². The summed E-state index contributed by atoms with van der Waals surface area (Å²) in [7, 11) is 0. The molecule has 1 aromatic heterocycles. The second-order valence-electron chi connectivity index (χ2n) is 5.69. The molecule has 1 aliphatic heterocycles. The molecule has 0 saturated carbocycles. The number of carbonyl (C=O) groups excluding carboxylic acids is 1. The molecule has 24 heavy (non-hydrogen) atoms. The molecular formula is C19H16N2O3. The van der Waals surface area contributed by atoms with Gasteiger partial charge in [0.05, 0.1) is 17.1 Å². The zero-order valence-electron chi connectivity index (χ0n) is 13.2. The molecule has 2 heterocycles. The average Bonchev–Trinajstić information content (AvgIpc) is 3.08. The SMILES string of the molecule is CC(NC(=O)c1cccc2cccnc12)c1ccc2c(c1)OCO2. The zero-order chi connectivity index (χ0) is 16.5. The van der Waals surface area contributed by atoms with E-state index in [1.807, 2.05) is 49.4 Å². The van der Waals surface area contributed by atoms with Crippen molar-refractivity contribution in [1.29, 1.82) is 0 Å². The van der Waals surface area contributed by atoms with Gasteiger partial charge in [-0.2, -0.15) is 0 Å². The van der Waals surface area contributed by atoms with Gasteiger partial charge in [-0.1, -0.05) is 24.3 Å². The zero-order valence-corrected chi connectivity index (χ0v) is 13.2. The maximum Gasteiger partial charge on any atom is 0.253 e. The minimum atomic E-state index is -0.161. The number of nitrogens with zero attached hydrogens (tertiary/aromatic N) is 1. The Hall–Kier alpha value is -3.08. The lowest BCUT2D eigenvalue weighted by atomic mass is 10.1. The van der Waals surface area contributed by atoms with Crippen LogP contribution in [0.1, 0.15) is 28.9 Å². The molecule has 1 aliphatic rings. The monoisotopic (exact) mass is 320 g/mol. The molecule has 0 saturated heterocycles. The predicted octanol–water partition coefficient (Wildman–Crippen LogP) is 3.45. The van der Waals surface area contributed by atoms with E-state index >= 15 is 0 Å². The maximum absolute atomic E-state index is 12.7. The van der Waals surface area contributed by atoms with Crippen LogP contribution in [0, 0.1) is 0 Å². The Morgan fingerprint density at radius 2 is 1.96 bits per heavy atom. The molecule has 0 aliphatic carbocycles. The Labute approximate surface area is 139 Å². The molecule has 0 radical (unpaired) electrons. The van der Waals surface area contributed by atoms with E-state index in [2.05, 4.69) is 10.3 Å². The van der Waals surface area contributed by atoms with Crippen LogP contribution in [0.2, 0.25) is 0 Å². The minimum absolute atomic E-state index is 0.149. The van der Waals surface area contributed by atoms with E-state index in [-0.39, 0.29) is 18.7 Å². The third kappa shape index (κ3) is 2.54. The van der Waals surface area contributed by atoms with Crippen molar-refractivity contribution in [2.24, 2.45) is 0 Å². The lowest BCUT2D eigenvalue weighted by Crippen LogP contribution is -2.26. The van der Waals surface area contributed by atoms with Gasteiger partial charge in [-0.05, 0) is 36.8 Å². The smallest absolute Gasteiger partial charge is 0.253 e. The third-order valence-corrected chi connectivity index (χ3v) is 4.12. The molecule has 3 aromatic rings. The van der Waals surface area contributed by atoms with Crippen LogP contribution in [0.25, 0.3) is 10.9 Å². The van der Waals surface area contributed by atoms with Crippen LogP contribution in [-0.4, -0.2) is 17.7 Å². The van der Waals surface area contributed by atoms with Crippen molar-refractivity contribution >= 4 is 16.8 Å². The number of pyridine rings is 1. The number of hydrogen-bond donors (Lipinski definition) is 1. The molecule has 1 amide bonds. The molecule has 1 N–H and O–H groups in total. The van der Waals surface area contributed by atoms with Gasteiger partial charge in [0.15, 0.2) is 11.5 Å². The first-order valence-electron chi connectivity index (χ1n) is 7.76. The van der Waals surface area contributed by atoms with E-state index < -0.39 is 0 Å². The normalized spacial score (nSPS) is 13.7. The standard InChI is InChI=1S/C19H16N2O3/c1-12(14-7-8-16-17(10-14)24-11-23-16)21-19(22)15-6-2-4-13-5-3-9-20-18(13)15/h2-10,12H,11H2,1H3,(H,21,22). The topological polar surface area (TPSA) is 60.5 Å². The van der Waals surface area contributed by atoms with Crippen molar-refractivity contribution in [1.82, 2.24) is 10.3 Å². The molecule has 120 valence electrons. The highest BCUT2D eigenvalue weighted by Crippen LogP contribution is 2.34. The molecule has 1 atom stereocenters. The number of para-hydroxylation sites is 1. The highest BCUT2D eigenvalue weighted by atomic mass is 16.7. The molecule has 2 aromatic carbocycles. The van der Waals surface area contributed by atoms with Crippen molar-refractivity contribution < 1.29 is 14.3 Å². The summed E-state index contributed by atoms with van der Waals surface area (Å²) in [6.07, 6.45) is 1.69. The Morgan fingerprint density at radius 3 is 2.88 bits per heavy atom. The van der Waals surface area contributed by atoms with Crippen LogP contribution in [0.5, 0.6) is 11.5 Å². The lowest BCUT2D eigenvalue weighted by Gasteiger charge is -2.15. The van der Waals surface area contributed by atoms with Gasteiger partial charge in [-0.3, -0.25) is 9.78 Å². The van der Waals surface area contributed by atoms with Crippen molar-refractivity contribution in [2.45, 2.75) is 13.0 Å². The Balaban J connectivity index is 1.59. The van der Waals surface area contributed by atoms with Crippen molar-refractivity contribution in [3.8, 4) is 11.5 Å². The van der Waals surface area contributed by atoms with E-state index in [4.69, 9.17) is 9.47 Å². The van der Waals surface area contributed by atoms with Crippen molar-refractivity contribution in [3.63, 3.8) is 0 Å². The van der Waals surface area contributed by atoms with Gasteiger partial charge in [0.2, 0.25) is 6.79 Å². The first kappa shape index (κ1) is 14.5. The van der Waals surface area contributed by atoms with Crippen LogP contribution in [-0.2, 0) is 0 Å². The number of benzene rings is 2. The number of nitrogens with one attached hydrogen (secondary N) is 1. The number of rotatable bonds is 3. The number of hydrogen-bond acceptors (Lipinski definition) is 4. The van der Waals surface area contributed by atoms with Crippen LogP contribution < -0.4 is 14.8 Å². The fourth-order valence-corrected chi connectivity index (χ4v) is 2.83. The summed E-state index contributed by atoms with van der Waals surface area (Å²) < 4.78 is 10.7. The van der Waals surface area contributed by atoms with E-state index in [0.717, 1.165) is 16.7 Å². The quantitative estimate of drug-likeness (QED) is 0.803. The Morgan fingerprint density at radius 1 is 1.12 bits per heavy atom. The van der Waals surface area contributed by atoms with Gasteiger partial charge in [-0.15, -0.1) is 0 Å². The van der Waals surface area contributed by atoms with Gasteiger partial charge < -0.3 is 14.8 Å². The summed E-state index contributed by atoms with van der Waals surface area (Å²) in [4.78, 5) is 17.0. The van der Waals surface area contributed by atoms with Crippen molar-refractivity contribution in [3.05, 3.63) is 65.9 Å². The van der Waals surface area contributed by atoms with Gasteiger partial charge in [0, 0.05) is 11.6 Å². The molecular weight excluding hydrogens is 304 g/mol. The van der Waals surface area contributed by atoms with Crippen LogP contribution >= 0.6 is 0 Å². The van der Waals surface area contributed by atoms with Crippen LogP contribution in [0.15, 0.2) is 54.7 Å². The maximum atomic E-state index is 12.7. The number of carbonyl (C=O) groups is 1. The molecule has 0 spiro atoms. The fourth-order valence-electron chi connectivity index (χ4n) is 2.83.